The molecule has 0 saturated carbocycles. The van der Waals surface area contributed by atoms with Gasteiger partial charge >= 0.3 is 0 Å². The molecule has 1 saturated heterocycles. The third-order valence-electron chi connectivity index (χ3n) is 1.91. The number of nitriles is 1. The molecule has 1 aliphatic heterocycles. The molecule has 0 aromatic rings. The van der Waals surface area contributed by atoms with Gasteiger partial charge in [0.25, 0.3) is 0 Å². The molecule has 11 heavy (non-hydrogen) atoms. The molecule has 1 fully saturated rings. The third kappa shape index (κ3) is 2.57. The van der Waals surface area contributed by atoms with Crippen LogP contribution in [0.25, 0.3) is 0 Å². The van der Waals surface area contributed by atoms with E-state index in [2.05, 4.69) is 11.1 Å². The van der Waals surface area contributed by atoms with Crippen molar-refractivity contribution in [2.45, 2.75) is 0 Å². The average Bonchev–Trinajstić information content (AvgIpc) is 2.07. The first-order valence-electron chi connectivity index (χ1n) is 3.80. The summed E-state index contributed by atoms with van der Waals surface area (Å²) in [6, 6.07) is 0. The van der Waals surface area contributed by atoms with Crippen LogP contribution >= 0.6 is 11.6 Å². The van der Waals surface area contributed by atoms with Gasteiger partial charge in [0, 0.05) is 38.6 Å². The lowest BCUT2D eigenvalue weighted by atomic mass is 10.3. The zero-order chi connectivity index (χ0) is 8.10. The molecule has 0 aliphatic carbocycles. The lowest BCUT2D eigenvalue weighted by Gasteiger charge is -2.30. The van der Waals surface area contributed by atoms with Gasteiger partial charge in [-0.25, -0.2) is 0 Å². The minimum absolute atomic E-state index is 0.687. The molecule has 1 rings (SSSR count). The van der Waals surface area contributed by atoms with Crippen LogP contribution in [0, 0.1) is 11.5 Å². The van der Waals surface area contributed by atoms with Crippen molar-refractivity contribution in [2.75, 3.05) is 38.6 Å². The van der Waals surface area contributed by atoms with E-state index < -0.39 is 0 Å². The Morgan fingerprint density at radius 3 is 2.36 bits per heavy atom. The molecule has 3 nitrogen and oxygen atoms in total. The Labute approximate surface area is 72.1 Å². The van der Waals surface area contributed by atoms with Crippen LogP contribution in [0.2, 0.25) is 0 Å². The summed E-state index contributed by atoms with van der Waals surface area (Å²) in [5, 5.41) is 8.54. The second-order valence-electron chi connectivity index (χ2n) is 2.62. The maximum absolute atomic E-state index is 8.54. The fourth-order valence-electron chi connectivity index (χ4n) is 1.19. The summed E-state index contributed by atoms with van der Waals surface area (Å²) < 4.78 is 0. The van der Waals surface area contributed by atoms with Crippen LogP contribution in [0.4, 0.5) is 0 Å². The first kappa shape index (κ1) is 8.63. The third-order valence-corrected chi connectivity index (χ3v) is 2.08. The highest BCUT2D eigenvalue weighted by molar-refractivity contribution is 6.18. The molecule has 62 valence electrons. The summed E-state index contributed by atoms with van der Waals surface area (Å²) >= 11 is 5.58. The molecular weight excluding hydrogens is 162 g/mol. The van der Waals surface area contributed by atoms with E-state index in [-0.39, 0.29) is 0 Å². The van der Waals surface area contributed by atoms with Crippen LogP contribution in [0.1, 0.15) is 0 Å². The van der Waals surface area contributed by atoms with Crippen molar-refractivity contribution in [3.63, 3.8) is 0 Å². The topological polar surface area (TPSA) is 30.3 Å². The summed E-state index contributed by atoms with van der Waals surface area (Å²) in [6.07, 6.45) is 2.14. The largest absolute Gasteiger partial charge is 0.308 e. The van der Waals surface area contributed by atoms with E-state index in [1.165, 1.54) is 0 Å². The van der Waals surface area contributed by atoms with Crippen LogP contribution in [0.5, 0.6) is 0 Å². The van der Waals surface area contributed by atoms with Crippen LogP contribution in [0.3, 0.4) is 0 Å². The van der Waals surface area contributed by atoms with Crippen LogP contribution in [0.15, 0.2) is 0 Å². The van der Waals surface area contributed by atoms with Crippen LogP contribution < -0.4 is 0 Å². The van der Waals surface area contributed by atoms with Gasteiger partial charge in [-0.1, -0.05) is 0 Å². The van der Waals surface area contributed by atoms with Crippen LogP contribution in [-0.4, -0.2) is 48.4 Å². The standard InChI is InChI=1S/C7H12ClN3/c8-1-2-10-3-5-11(7-9)6-4-10/h1-6H2. The molecule has 0 N–H and O–H groups in total. The summed E-state index contributed by atoms with van der Waals surface area (Å²) in [4.78, 5) is 4.06. The van der Waals surface area contributed by atoms with Gasteiger partial charge in [0.05, 0.1) is 0 Å². The minimum atomic E-state index is 0.687. The SMILES string of the molecule is N#CN1CCN(CCCl)CC1. The number of hydrogen-bond donors (Lipinski definition) is 0. The molecule has 0 amide bonds. The zero-order valence-corrected chi connectivity index (χ0v) is 7.22. The van der Waals surface area contributed by atoms with Gasteiger partial charge in [0.1, 0.15) is 0 Å². The number of alkyl halides is 1. The summed E-state index contributed by atoms with van der Waals surface area (Å²) in [7, 11) is 0. The number of halogens is 1. The van der Waals surface area contributed by atoms with Gasteiger partial charge in [-0.2, -0.15) is 5.26 Å². The van der Waals surface area contributed by atoms with Crippen molar-refractivity contribution < 1.29 is 0 Å². The van der Waals surface area contributed by atoms with E-state index in [1.54, 1.807) is 4.90 Å². The van der Waals surface area contributed by atoms with Gasteiger partial charge in [-0.3, -0.25) is 4.90 Å². The quantitative estimate of drug-likeness (QED) is 0.445. The van der Waals surface area contributed by atoms with Gasteiger partial charge < -0.3 is 4.90 Å². The Balaban J connectivity index is 2.20. The number of hydrogen-bond acceptors (Lipinski definition) is 3. The monoisotopic (exact) mass is 173 g/mol. The second-order valence-corrected chi connectivity index (χ2v) is 3.00. The van der Waals surface area contributed by atoms with Crippen molar-refractivity contribution in [1.82, 2.24) is 9.80 Å². The average molecular weight is 174 g/mol. The fraction of sp³-hybridized carbons (Fsp3) is 0.857. The molecule has 0 bridgehead atoms. The van der Waals surface area contributed by atoms with Crippen molar-refractivity contribution in [3.05, 3.63) is 0 Å². The van der Waals surface area contributed by atoms with Gasteiger partial charge in [-0.05, 0) is 0 Å². The predicted octanol–water partition coefficient (Wildman–Crippen LogP) is 0.324. The van der Waals surface area contributed by atoms with E-state index >= 15 is 0 Å². The normalized spacial score (nSPS) is 19.8. The van der Waals surface area contributed by atoms with Crippen molar-refractivity contribution in [2.24, 2.45) is 0 Å². The van der Waals surface area contributed by atoms with E-state index in [1.807, 2.05) is 0 Å². The second kappa shape index (κ2) is 4.42. The summed E-state index contributed by atoms with van der Waals surface area (Å²) in [5.41, 5.74) is 0. The van der Waals surface area contributed by atoms with Gasteiger partial charge in [-0.15, -0.1) is 11.6 Å². The molecule has 4 heteroatoms. The highest BCUT2D eigenvalue weighted by Crippen LogP contribution is 1.99. The highest BCUT2D eigenvalue weighted by Gasteiger charge is 2.13. The fourth-order valence-corrected chi connectivity index (χ4v) is 1.43. The molecular formula is C7H12ClN3. The molecule has 0 aromatic heterocycles. The molecule has 1 aliphatic rings. The summed E-state index contributed by atoms with van der Waals surface area (Å²) in [6.45, 7) is 4.60. The summed E-state index contributed by atoms with van der Waals surface area (Å²) in [5.74, 6) is 0.687. The van der Waals surface area contributed by atoms with E-state index in [0.717, 1.165) is 32.7 Å². The first-order chi connectivity index (χ1) is 5.36. The molecule has 0 radical (unpaired) electrons. The molecule has 1 heterocycles. The van der Waals surface area contributed by atoms with Crippen molar-refractivity contribution >= 4 is 11.6 Å². The maximum atomic E-state index is 8.54. The number of rotatable bonds is 2. The Morgan fingerprint density at radius 1 is 1.27 bits per heavy atom. The van der Waals surface area contributed by atoms with Crippen LogP contribution in [-0.2, 0) is 0 Å². The number of nitrogens with zero attached hydrogens (tertiary/aromatic N) is 3. The molecule has 0 aromatic carbocycles. The molecule has 0 atom stereocenters. The first-order valence-corrected chi connectivity index (χ1v) is 4.33. The van der Waals surface area contributed by atoms with E-state index in [4.69, 9.17) is 16.9 Å². The maximum Gasteiger partial charge on any atom is 0.179 e. The highest BCUT2D eigenvalue weighted by atomic mass is 35.5. The molecule has 0 spiro atoms. The Morgan fingerprint density at radius 2 is 1.91 bits per heavy atom. The number of piperazine rings is 1. The van der Waals surface area contributed by atoms with E-state index in [0.29, 0.717) is 5.88 Å². The molecule has 0 unspecified atom stereocenters. The Kier molecular flexibility index (Phi) is 3.47. The van der Waals surface area contributed by atoms with Gasteiger partial charge in [0.2, 0.25) is 0 Å². The Bertz CT molecular complexity index is 146. The minimum Gasteiger partial charge on any atom is -0.308 e. The lowest BCUT2D eigenvalue weighted by molar-refractivity contribution is 0.182. The van der Waals surface area contributed by atoms with E-state index in [9.17, 15) is 0 Å². The van der Waals surface area contributed by atoms with Gasteiger partial charge in [0.15, 0.2) is 6.19 Å². The lowest BCUT2D eigenvalue weighted by Crippen LogP contribution is -2.44. The zero-order valence-electron chi connectivity index (χ0n) is 6.46. The predicted molar refractivity (Wildman–Crippen MR) is 44.3 cm³/mol. The Hall–Kier alpha value is -0.460. The van der Waals surface area contributed by atoms with Crippen molar-refractivity contribution in [3.8, 4) is 6.19 Å². The smallest absolute Gasteiger partial charge is 0.179 e. The van der Waals surface area contributed by atoms with Crippen molar-refractivity contribution in [1.29, 1.82) is 5.26 Å².